The summed E-state index contributed by atoms with van der Waals surface area (Å²) in [6, 6.07) is 3.73. The van der Waals surface area contributed by atoms with Crippen molar-refractivity contribution >= 4 is 0 Å². The highest BCUT2D eigenvalue weighted by molar-refractivity contribution is 5.32. The van der Waals surface area contributed by atoms with Gasteiger partial charge in [-0.15, -0.1) is 0 Å². The average molecular weight is 236 g/mol. The molecule has 0 saturated carbocycles. The minimum absolute atomic E-state index is 0.0692. The van der Waals surface area contributed by atoms with E-state index in [1.54, 1.807) is 6.07 Å². The second-order valence-corrected chi connectivity index (χ2v) is 4.87. The minimum atomic E-state index is -0.0692. The van der Waals surface area contributed by atoms with Crippen molar-refractivity contribution in [2.45, 2.75) is 20.3 Å². The van der Waals surface area contributed by atoms with Crippen molar-refractivity contribution in [2.24, 2.45) is 0 Å². The van der Waals surface area contributed by atoms with Crippen molar-refractivity contribution in [1.29, 1.82) is 0 Å². The summed E-state index contributed by atoms with van der Waals surface area (Å²) in [6.45, 7) is 9.22. The second kappa shape index (κ2) is 5.61. The molecule has 0 radical (unpaired) electrons. The molecule has 1 fully saturated rings. The summed E-state index contributed by atoms with van der Waals surface area (Å²) in [6.07, 6.45) is 0.949. The molecule has 1 aliphatic heterocycles. The first-order valence-corrected chi connectivity index (χ1v) is 6.35. The first-order chi connectivity index (χ1) is 8.16. The van der Waals surface area contributed by atoms with E-state index >= 15 is 0 Å². The molecule has 1 aromatic carbocycles. The highest BCUT2D eigenvalue weighted by Gasteiger charge is 2.11. The number of piperazine rings is 1. The number of benzene rings is 1. The zero-order valence-electron chi connectivity index (χ0n) is 10.7. The van der Waals surface area contributed by atoms with Gasteiger partial charge in [0.05, 0.1) is 0 Å². The normalized spacial score (nSPS) is 17.4. The molecule has 94 valence electrons. The van der Waals surface area contributed by atoms with Crippen molar-refractivity contribution in [3.05, 3.63) is 34.6 Å². The molecule has 0 spiro atoms. The SMILES string of the molecule is Cc1cc(F)c(C)c(CCN2CCNCC2)c1. The summed E-state index contributed by atoms with van der Waals surface area (Å²) in [4.78, 5) is 2.44. The van der Waals surface area contributed by atoms with Gasteiger partial charge in [-0.1, -0.05) is 6.07 Å². The maximum atomic E-state index is 13.6. The summed E-state index contributed by atoms with van der Waals surface area (Å²) < 4.78 is 13.6. The largest absolute Gasteiger partial charge is 0.314 e. The van der Waals surface area contributed by atoms with E-state index in [1.807, 2.05) is 13.8 Å². The van der Waals surface area contributed by atoms with E-state index < -0.39 is 0 Å². The van der Waals surface area contributed by atoms with Gasteiger partial charge in [-0.2, -0.15) is 0 Å². The van der Waals surface area contributed by atoms with Crippen LogP contribution in [-0.2, 0) is 6.42 Å². The third-order valence-electron chi connectivity index (χ3n) is 3.50. The van der Waals surface area contributed by atoms with Crippen LogP contribution in [0.3, 0.4) is 0 Å². The Balaban J connectivity index is 1.98. The summed E-state index contributed by atoms with van der Waals surface area (Å²) >= 11 is 0. The van der Waals surface area contributed by atoms with Crippen molar-refractivity contribution in [3.63, 3.8) is 0 Å². The molecule has 3 heteroatoms. The maximum Gasteiger partial charge on any atom is 0.126 e. The van der Waals surface area contributed by atoms with Gasteiger partial charge in [-0.3, -0.25) is 0 Å². The highest BCUT2D eigenvalue weighted by atomic mass is 19.1. The second-order valence-electron chi connectivity index (χ2n) is 4.87. The predicted molar refractivity (Wildman–Crippen MR) is 68.9 cm³/mol. The van der Waals surface area contributed by atoms with Crippen LogP contribution in [0.25, 0.3) is 0 Å². The van der Waals surface area contributed by atoms with Crippen LogP contribution in [0.2, 0.25) is 0 Å². The van der Waals surface area contributed by atoms with Crippen LogP contribution in [0, 0.1) is 19.7 Å². The third kappa shape index (κ3) is 3.27. The van der Waals surface area contributed by atoms with E-state index in [0.29, 0.717) is 0 Å². The third-order valence-corrected chi connectivity index (χ3v) is 3.50. The quantitative estimate of drug-likeness (QED) is 0.862. The Labute approximate surface area is 103 Å². The fourth-order valence-corrected chi connectivity index (χ4v) is 2.36. The molecule has 0 unspecified atom stereocenters. The highest BCUT2D eigenvalue weighted by Crippen LogP contribution is 2.16. The molecule has 1 N–H and O–H groups in total. The van der Waals surface area contributed by atoms with E-state index in [9.17, 15) is 4.39 Å². The summed E-state index contributed by atoms with van der Waals surface area (Å²) in [7, 11) is 0. The molecule has 1 aliphatic rings. The lowest BCUT2D eigenvalue weighted by molar-refractivity contribution is 0.243. The fraction of sp³-hybridized carbons (Fsp3) is 0.571. The average Bonchev–Trinajstić information content (AvgIpc) is 2.33. The number of hydrogen-bond acceptors (Lipinski definition) is 2. The van der Waals surface area contributed by atoms with Crippen LogP contribution in [0.1, 0.15) is 16.7 Å². The molecule has 1 heterocycles. The van der Waals surface area contributed by atoms with Crippen molar-refractivity contribution < 1.29 is 4.39 Å². The zero-order chi connectivity index (χ0) is 12.3. The Bertz CT molecular complexity index is 384. The van der Waals surface area contributed by atoms with Crippen LogP contribution in [0.15, 0.2) is 12.1 Å². The molecule has 0 bridgehead atoms. The van der Waals surface area contributed by atoms with Gasteiger partial charge in [-0.25, -0.2) is 4.39 Å². The van der Waals surface area contributed by atoms with E-state index in [0.717, 1.165) is 55.8 Å². The minimum Gasteiger partial charge on any atom is -0.314 e. The molecule has 1 saturated heterocycles. The lowest BCUT2D eigenvalue weighted by Crippen LogP contribution is -2.44. The molecule has 2 nitrogen and oxygen atoms in total. The van der Waals surface area contributed by atoms with Gasteiger partial charge in [0.25, 0.3) is 0 Å². The summed E-state index contributed by atoms with van der Waals surface area (Å²) in [5, 5.41) is 3.34. The number of halogens is 1. The Kier molecular flexibility index (Phi) is 4.13. The van der Waals surface area contributed by atoms with Gasteiger partial charge in [0.1, 0.15) is 5.82 Å². The lowest BCUT2D eigenvalue weighted by Gasteiger charge is -2.27. The topological polar surface area (TPSA) is 15.3 Å². The molecule has 0 atom stereocenters. The van der Waals surface area contributed by atoms with Crippen LogP contribution < -0.4 is 5.32 Å². The van der Waals surface area contributed by atoms with E-state index in [1.165, 1.54) is 0 Å². The molecular weight excluding hydrogens is 215 g/mol. The maximum absolute atomic E-state index is 13.6. The smallest absolute Gasteiger partial charge is 0.126 e. The first kappa shape index (κ1) is 12.5. The van der Waals surface area contributed by atoms with Gasteiger partial charge in [0.15, 0.2) is 0 Å². The van der Waals surface area contributed by atoms with Gasteiger partial charge < -0.3 is 10.2 Å². The predicted octanol–water partition coefficient (Wildman–Crippen LogP) is 1.89. The summed E-state index contributed by atoms with van der Waals surface area (Å²) in [5.41, 5.74) is 2.98. The summed E-state index contributed by atoms with van der Waals surface area (Å²) in [5.74, 6) is -0.0692. The fourth-order valence-electron chi connectivity index (χ4n) is 2.36. The number of aryl methyl sites for hydroxylation is 1. The van der Waals surface area contributed by atoms with E-state index in [2.05, 4.69) is 16.3 Å². The Morgan fingerprint density at radius 2 is 1.94 bits per heavy atom. The van der Waals surface area contributed by atoms with Gasteiger partial charge in [0, 0.05) is 32.7 Å². The van der Waals surface area contributed by atoms with Gasteiger partial charge >= 0.3 is 0 Å². The van der Waals surface area contributed by atoms with E-state index in [-0.39, 0.29) is 5.82 Å². The van der Waals surface area contributed by atoms with Gasteiger partial charge in [-0.05, 0) is 43.0 Å². The van der Waals surface area contributed by atoms with Crippen LogP contribution in [0.5, 0.6) is 0 Å². The molecule has 0 aliphatic carbocycles. The van der Waals surface area contributed by atoms with Crippen LogP contribution >= 0.6 is 0 Å². The van der Waals surface area contributed by atoms with Crippen molar-refractivity contribution in [1.82, 2.24) is 10.2 Å². The van der Waals surface area contributed by atoms with Gasteiger partial charge in [0.2, 0.25) is 0 Å². The Morgan fingerprint density at radius 1 is 1.24 bits per heavy atom. The van der Waals surface area contributed by atoms with Crippen LogP contribution in [0.4, 0.5) is 4.39 Å². The zero-order valence-corrected chi connectivity index (χ0v) is 10.7. The Morgan fingerprint density at radius 3 is 2.65 bits per heavy atom. The molecule has 2 rings (SSSR count). The van der Waals surface area contributed by atoms with Crippen molar-refractivity contribution in [3.8, 4) is 0 Å². The molecule has 0 aromatic heterocycles. The Hall–Kier alpha value is -0.930. The number of hydrogen-bond donors (Lipinski definition) is 1. The molecule has 17 heavy (non-hydrogen) atoms. The number of nitrogens with one attached hydrogen (secondary N) is 1. The molecular formula is C14H21FN2. The van der Waals surface area contributed by atoms with E-state index in [4.69, 9.17) is 0 Å². The first-order valence-electron chi connectivity index (χ1n) is 6.35. The monoisotopic (exact) mass is 236 g/mol. The molecule has 0 amide bonds. The van der Waals surface area contributed by atoms with Crippen molar-refractivity contribution in [2.75, 3.05) is 32.7 Å². The number of nitrogens with zero attached hydrogens (tertiary/aromatic N) is 1. The lowest BCUT2D eigenvalue weighted by atomic mass is 10.0. The number of rotatable bonds is 3. The van der Waals surface area contributed by atoms with Crippen LogP contribution in [-0.4, -0.2) is 37.6 Å². The standard InChI is InChI=1S/C14H21FN2/c1-11-9-13(12(2)14(15)10-11)3-6-17-7-4-16-5-8-17/h9-10,16H,3-8H2,1-2H3. The molecule has 1 aromatic rings.